The van der Waals surface area contributed by atoms with E-state index < -0.39 is 5.60 Å². The topological polar surface area (TPSA) is 41.6 Å². The molecule has 0 bridgehead atoms. The van der Waals surface area contributed by atoms with Gasteiger partial charge in [0.25, 0.3) is 0 Å². The predicted octanol–water partition coefficient (Wildman–Crippen LogP) is 2.23. The molecule has 0 unspecified atom stereocenters. The number of hydrogen-bond acceptors (Lipinski definition) is 3. The average molecular weight is 295 g/mol. The van der Waals surface area contributed by atoms with Gasteiger partial charge in [-0.05, 0) is 27.3 Å². The molecular weight excluding hydrogens is 272 g/mol. The largest absolute Gasteiger partial charge is 0.444 e. The summed E-state index contributed by atoms with van der Waals surface area (Å²) in [5.74, 6) is 0. The van der Waals surface area contributed by atoms with Gasteiger partial charge in [0.2, 0.25) is 0 Å². The molecule has 0 saturated heterocycles. The van der Waals surface area contributed by atoms with Gasteiger partial charge >= 0.3 is 6.09 Å². The van der Waals surface area contributed by atoms with Crippen LogP contribution in [-0.4, -0.2) is 48.1 Å². The highest BCUT2D eigenvalue weighted by Gasteiger charge is 2.15. The van der Waals surface area contributed by atoms with Crippen LogP contribution in [-0.2, 0) is 4.74 Å². The molecule has 0 aromatic carbocycles. The number of nitrogens with one attached hydrogen (secondary N) is 1. The Morgan fingerprint density at radius 1 is 1.38 bits per heavy atom. The number of amides is 1. The highest BCUT2D eigenvalue weighted by molar-refractivity contribution is 9.09. The normalized spacial score (nSPS) is 11.6. The summed E-state index contributed by atoms with van der Waals surface area (Å²) in [6, 6.07) is 0. The van der Waals surface area contributed by atoms with E-state index >= 15 is 0 Å². The smallest absolute Gasteiger partial charge is 0.407 e. The summed E-state index contributed by atoms with van der Waals surface area (Å²) in [6.45, 7) is 11.1. The van der Waals surface area contributed by atoms with Crippen LogP contribution in [0.2, 0.25) is 0 Å². The average Bonchev–Trinajstić information content (AvgIpc) is 2.13. The van der Waals surface area contributed by atoms with Crippen molar-refractivity contribution < 1.29 is 9.53 Å². The standard InChI is InChI=1S/C11H23BrN2O2/c1-5-14(8-6-12)9-7-13-10(15)16-11(2,3)4/h5-9H2,1-4H3,(H,13,15). The molecule has 0 aliphatic rings. The Bertz CT molecular complexity index is 205. The fraction of sp³-hybridized carbons (Fsp3) is 0.909. The lowest BCUT2D eigenvalue weighted by Crippen LogP contribution is -2.38. The van der Waals surface area contributed by atoms with Gasteiger partial charge in [-0.1, -0.05) is 22.9 Å². The first-order valence-electron chi connectivity index (χ1n) is 5.64. The van der Waals surface area contributed by atoms with Crippen molar-refractivity contribution in [2.24, 2.45) is 0 Å². The van der Waals surface area contributed by atoms with Crippen molar-refractivity contribution in [2.75, 3.05) is 31.5 Å². The molecule has 0 rings (SSSR count). The second-order valence-electron chi connectivity index (χ2n) is 4.55. The number of halogens is 1. The van der Waals surface area contributed by atoms with Gasteiger partial charge in [0.1, 0.15) is 5.60 Å². The number of carbonyl (C=O) groups excluding carboxylic acids is 1. The lowest BCUT2D eigenvalue weighted by Gasteiger charge is -2.22. The zero-order valence-corrected chi connectivity index (χ0v) is 12.3. The van der Waals surface area contributed by atoms with E-state index in [0.29, 0.717) is 6.54 Å². The van der Waals surface area contributed by atoms with E-state index in [9.17, 15) is 4.79 Å². The molecule has 0 heterocycles. The van der Waals surface area contributed by atoms with Gasteiger partial charge in [0.05, 0.1) is 0 Å². The van der Waals surface area contributed by atoms with Crippen molar-refractivity contribution in [1.29, 1.82) is 0 Å². The second-order valence-corrected chi connectivity index (χ2v) is 5.34. The fourth-order valence-corrected chi connectivity index (χ4v) is 1.68. The molecule has 0 atom stereocenters. The van der Waals surface area contributed by atoms with Gasteiger partial charge in [0.15, 0.2) is 0 Å². The van der Waals surface area contributed by atoms with Crippen LogP contribution < -0.4 is 5.32 Å². The lowest BCUT2D eigenvalue weighted by atomic mass is 10.2. The van der Waals surface area contributed by atoms with Crippen LogP contribution in [0.25, 0.3) is 0 Å². The van der Waals surface area contributed by atoms with Crippen LogP contribution >= 0.6 is 15.9 Å². The van der Waals surface area contributed by atoms with Crippen LogP contribution in [0.5, 0.6) is 0 Å². The number of hydrogen-bond donors (Lipinski definition) is 1. The third-order valence-electron chi connectivity index (χ3n) is 1.94. The van der Waals surface area contributed by atoms with Crippen molar-refractivity contribution in [2.45, 2.75) is 33.3 Å². The van der Waals surface area contributed by atoms with Gasteiger partial charge in [-0.2, -0.15) is 0 Å². The molecule has 0 aromatic heterocycles. The summed E-state index contributed by atoms with van der Waals surface area (Å²) in [5, 5.41) is 3.70. The third kappa shape index (κ3) is 8.97. The van der Waals surface area contributed by atoms with Crippen LogP contribution in [0.4, 0.5) is 4.79 Å². The highest BCUT2D eigenvalue weighted by Crippen LogP contribution is 2.06. The number of likely N-dealkylation sites (N-methyl/N-ethyl adjacent to an activating group) is 1. The Balaban J connectivity index is 3.68. The molecule has 16 heavy (non-hydrogen) atoms. The molecule has 96 valence electrons. The molecule has 4 nitrogen and oxygen atoms in total. The van der Waals surface area contributed by atoms with Crippen molar-refractivity contribution in [1.82, 2.24) is 10.2 Å². The first kappa shape index (κ1) is 15.7. The van der Waals surface area contributed by atoms with Crippen LogP contribution in [0.1, 0.15) is 27.7 Å². The minimum Gasteiger partial charge on any atom is -0.444 e. The maximum Gasteiger partial charge on any atom is 0.407 e. The highest BCUT2D eigenvalue weighted by atomic mass is 79.9. The summed E-state index contributed by atoms with van der Waals surface area (Å²) in [5.41, 5.74) is -0.426. The van der Waals surface area contributed by atoms with E-state index in [2.05, 4.69) is 33.1 Å². The van der Waals surface area contributed by atoms with Crippen LogP contribution in [0.3, 0.4) is 0 Å². The Labute approximate surface area is 107 Å². The van der Waals surface area contributed by atoms with Gasteiger partial charge in [-0.3, -0.25) is 0 Å². The Kier molecular flexibility index (Phi) is 7.76. The molecule has 0 saturated carbocycles. The molecule has 0 fully saturated rings. The molecule has 0 radical (unpaired) electrons. The minimum absolute atomic E-state index is 0.345. The van der Waals surface area contributed by atoms with Gasteiger partial charge in [-0.25, -0.2) is 4.79 Å². The first-order valence-corrected chi connectivity index (χ1v) is 6.76. The summed E-state index contributed by atoms with van der Waals surface area (Å²) in [4.78, 5) is 13.6. The Morgan fingerprint density at radius 2 is 2.00 bits per heavy atom. The zero-order chi connectivity index (χ0) is 12.6. The van der Waals surface area contributed by atoms with Crippen molar-refractivity contribution >= 4 is 22.0 Å². The first-order chi connectivity index (χ1) is 7.39. The zero-order valence-electron chi connectivity index (χ0n) is 10.7. The predicted molar refractivity (Wildman–Crippen MR) is 70.1 cm³/mol. The van der Waals surface area contributed by atoms with Crippen LogP contribution in [0.15, 0.2) is 0 Å². The third-order valence-corrected chi connectivity index (χ3v) is 2.30. The van der Waals surface area contributed by atoms with E-state index in [0.717, 1.165) is 25.0 Å². The minimum atomic E-state index is -0.426. The fourth-order valence-electron chi connectivity index (χ4n) is 1.18. The van der Waals surface area contributed by atoms with Crippen molar-refractivity contribution in [3.8, 4) is 0 Å². The molecule has 1 N–H and O–H groups in total. The van der Waals surface area contributed by atoms with E-state index in [4.69, 9.17) is 4.74 Å². The van der Waals surface area contributed by atoms with E-state index in [1.54, 1.807) is 0 Å². The molecule has 0 aliphatic carbocycles. The number of carbonyl (C=O) groups is 1. The summed E-state index contributed by atoms with van der Waals surface area (Å²) < 4.78 is 5.14. The number of alkyl halides is 1. The number of ether oxygens (including phenoxy) is 1. The quantitative estimate of drug-likeness (QED) is 0.764. The Morgan fingerprint density at radius 3 is 2.44 bits per heavy atom. The summed E-state index contributed by atoms with van der Waals surface area (Å²) in [7, 11) is 0. The molecule has 0 aromatic rings. The molecule has 0 aliphatic heterocycles. The molecule has 5 heteroatoms. The second kappa shape index (κ2) is 7.90. The van der Waals surface area contributed by atoms with Gasteiger partial charge in [0, 0.05) is 25.0 Å². The summed E-state index contributed by atoms with van der Waals surface area (Å²) in [6.07, 6.45) is -0.345. The molecule has 0 spiro atoms. The monoisotopic (exact) mass is 294 g/mol. The maximum atomic E-state index is 11.3. The number of nitrogens with zero attached hydrogens (tertiary/aromatic N) is 1. The maximum absolute atomic E-state index is 11.3. The Hall–Kier alpha value is -0.290. The SMILES string of the molecule is CCN(CCBr)CCNC(=O)OC(C)(C)C. The molecule has 1 amide bonds. The van der Waals surface area contributed by atoms with E-state index in [-0.39, 0.29) is 6.09 Å². The van der Waals surface area contributed by atoms with Crippen LogP contribution in [0, 0.1) is 0 Å². The van der Waals surface area contributed by atoms with Crippen molar-refractivity contribution in [3.63, 3.8) is 0 Å². The van der Waals surface area contributed by atoms with Gasteiger partial charge < -0.3 is 15.0 Å². The van der Waals surface area contributed by atoms with E-state index in [1.807, 2.05) is 20.8 Å². The van der Waals surface area contributed by atoms with Crippen molar-refractivity contribution in [3.05, 3.63) is 0 Å². The summed E-state index contributed by atoms with van der Waals surface area (Å²) >= 11 is 3.40. The van der Waals surface area contributed by atoms with E-state index in [1.165, 1.54) is 0 Å². The lowest BCUT2D eigenvalue weighted by molar-refractivity contribution is 0.0523. The number of alkyl carbamates (subject to hydrolysis) is 1. The molecular formula is C11H23BrN2O2. The van der Waals surface area contributed by atoms with Gasteiger partial charge in [-0.15, -0.1) is 0 Å². The number of rotatable bonds is 6.